The highest BCUT2D eigenvalue weighted by Crippen LogP contribution is 2.41. The van der Waals surface area contributed by atoms with E-state index in [1.54, 1.807) is 0 Å². The number of rotatable bonds is 3. The Bertz CT molecular complexity index is 777. The Balaban J connectivity index is 1.75. The van der Waals surface area contributed by atoms with E-state index in [0.29, 0.717) is 25.1 Å². The Morgan fingerprint density at radius 1 is 1.27 bits per heavy atom. The van der Waals surface area contributed by atoms with Gasteiger partial charge < -0.3 is 4.98 Å². The average molecular weight is 369 g/mol. The predicted molar refractivity (Wildman–Crippen MR) is 93.8 cm³/mol. The second kappa shape index (κ2) is 6.83. The highest BCUT2D eigenvalue weighted by molar-refractivity contribution is 5.24. The van der Waals surface area contributed by atoms with Gasteiger partial charge in [0, 0.05) is 25.2 Å². The molecule has 0 saturated heterocycles. The lowest BCUT2D eigenvalue weighted by Crippen LogP contribution is -2.37. The van der Waals surface area contributed by atoms with Gasteiger partial charge >= 0.3 is 6.18 Å². The van der Waals surface area contributed by atoms with E-state index in [4.69, 9.17) is 0 Å². The van der Waals surface area contributed by atoms with E-state index in [1.165, 1.54) is 24.0 Å². The smallest absolute Gasteiger partial charge is 0.303 e. The first-order valence-corrected chi connectivity index (χ1v) is 9.18. The summed E-state index contributed by atoms with van der Waals surface area (Å²) in [5.74, 6) is -1.20. The molecule has 0 saturated carbocycles. The summed E-state index contributed by atoms with van der Waals surface area (Å²) in [4.78, 5) is 19.6. The molecule has 0 bridgehead atoms. The lowest BCUT2D eigenvalue weighted by molar-refractivity contribution is -0.145. The molecule has 1 aromatic rings. The van der Waals surface area contributed by atoms with E-state index in [0.717, 1.165) is 19.4 Å². The monoisotopic (exact) mass is 369 g/mol. The van der Waals surface area contributed by atoms with Crippen molar-refractivity contribution in [3.8, 4) is 0 Å². The van der Waals surface area contributed by atoms with E-state index in [1.807, 2.05) is 4.98 Å². The second-order valence-corrected chi connectivity index (χ2v) is 8.11. The SMILES string of the molecule is CC1=C(CCN2CCc3c(nc(C(F)(F)F)[nH]c3=O)C2)C(C)(C)CCC1. The van der Waals surface area contributed by atoms with Crippen LogP contribution in [0.15, 0.2) is 15.9 Å². The Morgan fingerprint density at radius 3 is 2.65 bits per heavy atom. The highest BCUT2D eigenvalue weighted by Gasteiger charge is 2.36. The Hall–Kier alpha value is -1.63. The normalized spacial score (nSPS) is 21.0. The van der Waals surface area contributed by atoms with Crippen LogP contribution in [-0.4, -0.2) is 28.0 Å². The molecule has 0 fully saturated rings. The van der Waals surface area contributed by atoms with Crippen LogP contribution in [0.1, 0.15) is 63.5 Å². The zero-order chi connectivity index (χ0) is 19.1. The van der Waals surface area contributed by atoms with E-state index in [2.05, 4.69) is 30.7 Å². The maximum Gasteiger partial charge on any atom is 0.449 e. The number of fused-ring (bicyclic) bond motifs is 1. The number of hydrogen-bond acceptors (Lipinski definition) is 3. The summed E-state index contributed by atoms with van der Waals surface area (Å²) in [5, 5.41) is 0. The predicted octanol–water partition coefficient (Wildman–Crippen LogP) is 4.06. The topological polar surface area (TPSA) is 49.0 Å². The number of allylic oxidation sites excluding steroid dienone is 1. The molecule has 26 heavy (non-hydrogen) atoms. The number of aromatic amines is 1. The third-order valence-corrected chi connectivity index (χ3v) is 5.78. The quantitative estimate of drug-likeness (QED) is 0.818. The molecule has 0 unspecified atom stereocenters. The lowest BCUT2D eigenvalue weighted by Gasteiger charge is -2.36. The van der Waals surface area contributed by atoms with Gasteiger partial charge in [0.15, 0.2) is 0 Å². The maximum atomic E-state index is 12.9. The van der Waals surface area contributed by atoms with Crippen molar-refractivity contribution >= 4 is 0 Å². The van der Waals surface area contributed by atoms with Crippen molar-refractivity contribution in [1.82, 2.24) is 14.9 Å². The molecule has 0 aromatic carbocycles. The molecule has 0 atom stereocenters. The minimum Gasteiger partial charge on any atom is -0.303 e. The average Bonchev–Trinajstić information content (AvgIpc) is 2.52. The van der Waals surface area contributed by atoms with Crippen LogP contribution in [0.5, 0.6) is 0 Å². The number of halogens is 3. The first kappa shape index (κ1) is 19.1. The van der Waals surface area contributed by atoms with E-state index >= 15 is 0 Å². The van der Waals surface area contributed by atoms with Gasteiger partial charge in [-0.25, -0.2) is 4.98 Å². The van der Waals surface area contributed by atoms with Crippen molar-refractivity contribution in [1.29, 1.82) is 0 Å². The van der Waals surface area contributed by atoms with Crippen LogP contribution in [0.25, 0.3) is 0 Å². The van der Waals surface area contributed by atoms with E-state index in [9.17, 15) is 18.0 Å². The zero-order valence-corrected chi connectivity index (χ0v) is 15.6. The van der Waals surface area contributed by atoms with Crippen LogP contribution >= 0.6 is 0 Å². The summed E-state index contributed by atoms with van der Waals surface area (Å²) in [5.41, 5.74) is 3.11. The molecule has 7 heteroatoms. The highest BCUT2D eigenvalue weighted by atomic mass is 19.4. The maximum absolute atomic E-state index is 12.9. The first-order chi connectivity index (χ1) is 12.1. The van der Waals surface area contributed by atoms with Gasteiger partial charge in [-0.1, -0.05) is 25.0 Å². The van der Waals surface area contributed by atoms with Crippen molar-refractivity contribution in [3.63, 3.8) is 0 Å². The Labute approximate surface area is 151 Å². The molecule has 1 aliphatic carbocycles. The summed E-state index contributed by atoms with van der Waals surface area (Å²) in [6, 6.07) is 0. The molecular formula is C19H26F3N3O. The number of alkyl halides is 3. The van der Waals surface area contributed by atoms with Crippen LogP contribution in [0, 0.1) is 5.41 Å². The number of aromatic nitrogens is 2. The van der Waals surface area contributed by atoms with Crippen molar-refractivity contribution in [2.24, 2.45) is 5.41 Å². The molecule has 1 aromatic heterocycles. The van der Waals surface area contributed by atoms with Gasteiger partial charge in [0.1, 0.15) is 0 Å². The third-order valence-electron chi connectivity index (χ3n) is 5.78. The van der Waals surface area contributed by atoms with Gasteiger partial charge in [-0.15, -0.1) is 0 Å². The molecule has 0 radical (unpaired) electrons. The zero-order valence-electron chi connectivity index (χ0n) is 15.6. The molecule has 2 aliphatic rings. The molecular weight excluding hydrogens is 343 g/mol. The van der Waals surface area contributed by atoms with E-state index < -0.39 is 17.6 Å². The van der Waals surface area contributed by atoms with Gasteiger partial charge in [-0.3, -0.25) is 9.69 Å². The van der Waals surface area contributed by atoms with Crippen LogP contribution in [0.4, 0.5) is 13.2 Å². The van der Waals surface area contributed by atoms with Gasteiger partial charge in [0.2, 0.25) is 5.82 Å². The molecule has 0 spiro atoms. The van der Waals surface area contributed by atoms with Crippen LogP contribution < -0.4 is 5.56 Å². The van der Waals surface area contributed by atoms with Crippen molar-refractivity contribution in [2.45, 2.75) is 65.6 Å². The van der Waals surface area contributed by atoms with Crippen LogP contribution in [0.2, 0.25) is 0 Å². The lowest BCUT2D eigenvalue weighted by atomic mass is 9.71. The summed E-state index contributed by atoms with van der Waals surface area (Å²) >= 11 is 0. The summed E-state index contributed by atoms with van der Waals surface area (Å²) in [7, 11) is 0. The van der Waals surface area contributed by atoms with Crippen LogP contribution in [0.3, 0.4) is 0 Å². The summed E-state index contributed by atoms with van der Waals surface area (Å²) in [6.07, 6.45) is 0.249. The van der Waals surface area contributed by atoms with E-state index in [-0.39, 0.29) is 11.1 Å². The molecule has 144 valence electrons. The largest absolute Gasteiger partial charge is 0.449 e. The standard InChI is InChI=1S/C19H26F3N3O/c1-12-5-4-8-18(2,3)14(12)7-10-25-9-6-13-15(11-25)23-17(19(20,21)22)24-16(13)26/h4-11H2,1-3H3,(H,23,24,26). The second-order valence-electron chi connectivity index (χ2n) is 8.11. The van der Waals surface area contributed by atoms with Crippen molar-refractivity contribution < 1.29 is 13.2 Å². The molecule has 2 heterocycles. The number of hydrogen-bond donors (Lipinski definition) is 1. The van der Waals surface area contributed by atoms with Crippen molar-refractivity contribution in [2.75, 3.05) is 13.1 Å². The third kappa shape index (κ3) is 3.87. The number of nitrogens with one attached hydrogen (secondary N) is 1. The van der Waals surface area contributed by atoms with Gasteiger partial charge in [0.25, 0.3) is 5.56 Å². The fourth-order valence-corrected chi connectivity index (χ4v) is 4.32. The number of H-pyrrole nitrogens is 1. The minimum absolute atomic E-state index is 0.189. The molecule has 1 N–H and O–H groups in total. The molecule has 4 nitrogen and oxygen atoms in total. The fraction of sp³-hybridized carbons (Fsp3) is 0.684. The molecule has 0 amide bonds. The molecule has 1 aliphatic heterocycles. The van der Waals surface area contributed by atoms with Crippen molar-refractivity contribution in [3.05, 3.63) is 38.6 Å². The molecule has 3 rings (SSSR count). The Kier molecular flexibility index (Phi) is 5.03. The summed E-state index contributed by atoms with van der Waals surface area (Å²) < 4.78 is 38.7. The van der Waals surface area contributed by atoms with Gasteiger partial charge in [-0.05, 0) is 44.4 Å². The fourth-order valence-electron chi connectivity index (χ4n) is 4.32. The number of nitrogens with zero attached hydrogens (tertiary/aromatic N) is 2. The van der Waals surface area contributed by atoms with Crippen LogP contribution in [-0.2, 0) is 19.1 Å². The summed E-state index contributed by atoms with van der Waals surface area (Å²) in [6.45, 7) is 8.50. The first-order valence-electron chi connectivity index (χ1n) is 9.18. The van der Waals surface area contributed by atoms with Gasteiger partial charge in [0.05, 0.1) is 5.69 Å². The Morgan fingerprint density at radius 2 is 2.00 bits per heavy atom. The minimum atomic E-state index is -4.63. The van der Waals surface area contributed by atoms with Gasteiger partial charge in [-0.2, -0.15) is 13.2 Å².